The molecule has 0 unspecified atom stereocenters. The quantitative estimate of drug-likeness (QED) is 0.616. The van der Waals surface area contributed by atoms with Gasteiger partial charge in [-0.1, -0.05) is 0 Å². The summed E-state index contributed by atoms with van der Waals surface area (Å²) in [5, 5.41) is 20.4. The molecule has 8 nitrogen and oxygen atoms in total. The van der Waals surface area contributed by atoms with E-state index in [1.165, 1.54) is 12.3 Å². The van der Waals surface area contributed by atoms with Crippen LogP contribution in [0.25, 0.3) is 0 Å². The Balaban J connectivity index is 2.80. The maximum Gasteiger partial charge on any atom is 0.326 e. The van der Waals surface area contributed by atoms with E-state index < -0.39 is 30.3 Å². The minimum Gasteiger partial charge on any atom is -0.505 e. The zero-order valence-corrected chi connectivity index (χ0v) is 9.99. The zero-order valence-electron chi connectivity index (χ0n) is 9.99. The van der Waals surface area contributed by atoms with Gasteiger partial charge in [0.25, 0.3) is 5.91 Å². The van der Waals surface area contributed by atoms with E-state index in [9.17, 15) is 19.5 Å². The summed E-state index contributed by atoms with van der Waals surface area (Å²) in [6.45, 7) is 0. The fraction of sp³-hybridized carbons (Fsp3) is 0.273. The number of aromatic hydroxyl groups is 1. The smallest absolute Gasteiger partial charge is 0.326 e. The molecule has 0 aliphatic carbocycles. The Morgan fingerprint density at radius 3 is 2.68 bits per heavy atom. The summed E-state index contributed by atoms with van der Waals surface area (Å²) in [7, 11) is 1.11. The van der Waals surface area contributed by atoms with Crippen molar-refractivity contribution < 1.29 is 29.3 Å². The van der Waals surface area contributed by atoms with Crippen LogP contribution >= 0.6 is 0 Å². The highest BCUT2D eigenvalue weighted by Gasteiger charge is 2.25. The summed E-state index contributed by atoms with van der Waals surface area (Å²) in [5.74, 6) is -3.36. The molecule has 19 heavy (non-hydrogen) atoms. The van der Waals surface area contributed by atoms with Gasteiger partial charge >= 0.3 is 11.9 Å². The van der Waals surface area contributed by atoms with Crippen LogP contribution in [0, 0.1) is 0 Å². The largest absolute Gasteiger partial charge is 0.505 e. The summed E-state index contributed by atoms with van der Waals surface area (Å²) in [6, 6.07) is -0.214. The lowest BCUT2D eigenvalue weighted by atomic mass is 10.1. The number of carboxylic acids is 1. The van der Waals surface area contributed by atoms with Crippen molar-refractivity contribution in [3.63, 3.8) is 0 Å². The highest BCUT2D eigenvalue weighted by Crippen LogP contribution is 2.13. The monoisotopic (exact) mass is 268 g/mol. The molecule has 3 N–H and O–H groups in total. The Morgan fingerprint density at radius 1 is 1.47 bits per heavy atom. The number of carboxylic acid groups (broad SMARTS) is 1. The van der Waals surface area contributed by atoms with E-state index >= 15 is 0 Å². The predicted molar refractivity (Wildman–Crippen MR) is 61.4 cm³/mol. The fourth-order valence-corrected chi connectivity index (χ4v) is 1.26. The van der Waals surface area contributed by atoms with Crippen molar-refractivity contribution in [2.75, 3.05) is 7.11 Å². The number of aromatic nitrogens is 1. The topological polar surface area (TPSA) is 126 Å². The first-order valence-electron chi connectivity index (χ1n) is 5.19. The lowest BCUT2D eigenvalue weighted by Gasteiger charge is -2.13. The number of carbonyl (C=O) groups is 3. The number of carbonyl (C=O) groups excluding carboxylic acids is 2. The van der Waals surface area contributed by atoms with Gasteiger partial charge in [-0.2, -0.15) is 0 Å². The minimum absolute atomic E-state index is 0.133. The Morgan fingerprint density at radius 2 is 2.16 bits per heavy atom. The van der Waals surface area contributed by atoms with Crippen LogP contribution in [0.3, 0.4) is 0 Å². The molecule has 0 aromatic carbocycles. The second-order valence-electron chi connectivity index (χ2n) is 3.54. The number of amides is 1. The molecule has 1 heterocycles. The third kappa shape index (κ3) is 3.95. The van der Waals surface area contributed by atoms with E-state index in [0.29, 0.717) is 0 Å². The molecule has 0 aliphatic rings. The van der Waals surface area contributed by atoms with Crippen molar-refractivity contribution in [2.45, 2.75) is 12.5 Å². The van der Waals surface area contributed by atoms with Gasteiger partial charge in [-0.05, 0) is 6.07 Å². The molecule has 1 atom stereocenters. The van der Waals surface area contributed by atoms with Crippen LogP contribution < -0.4 is 5.32 Å². The molecule has 1 aromatic rings. The summed E-state index contributed by atoms with van der Waals surface area (Å²) < 4.78 is 4.33. The van der Waals surface area contributed by atoms with Crippen LogP contribution in [0.2, 0.25) is 0 Å². The molecule has 0 bridgehead atoms. The van der Waals surface area contributed by atoms with E-state index in [0.717, 1.165) is 13.3 Å². The number of aliphatic carboxylic acids is 1. The fourth-order valence-electron chi connectivity index (χ4n) is 1.26. The van der Waals surface area contributed by atoms with Crippen LogP contribution in [0.4, 0.5) is 0 Å². The van der Waals surface area contributed by atoms with E-state index in [1.54, 1.807) is 0 Å². The number of esters is 1. The molecule has 0 spiro atoms. The number of hydrogen-bond donors (Lipinski definition) is 3. The molecule has 1 amide bonds. The molecule has 0 saturated carbocycles. The maximum absolute atomic E-state index is 11.7. The molecule has 102 valence electrons. The Hall–Kier alpha value is -2.64. The second-order valence-corrected chi connectivity index (χ2v) is 3.54. The van der Waals surface area contributed by atoms with Crippen molar-refractivity contribution in [3.05, 3.63) is 24.0 Å². The van der Waals surface area contributed by atoms with Gasteiger partial charge in [0.1, 0.15) is 11.8 Å². The SMILES string of the molecule is COC(=O)C[C@H](NC(=O)c1ccncc1O)C(=O)O. The van der Waals surface area contributed by atoms with Gasteiger partial charge in [-0.15, -0.1) is 0 Å². The standard InChI is InChI=1S/C11H12N2O6/c1-19-9(15)4-7(11(17)18)13-10(16)6-2-3-12-5-8(6)14/h2-3,5,7,14H,4H2,1H3,(H,13,16)(H,17,18)/t7-/m0/s1. The summed E-state index contributed by atoms with van der Waals surface area (Å²) in [4.78, 5) is 37.2. The van der Waals surface area contributed by atoms with Crippen LogP contribution in [0.1, 0.15) is 16.8 Å². The number of ether oxygens (including phenoxy) is 1. The summed E-state index contributed by atoms with van der Waals surface area (Å²) in [6.07, 6.45) is 1.80. The Bertz CT molecular complexity index is 502. The van der Waals surface area contributed by atoms with E-state index in [2.05, 4.69) is 15.0 Å². The van der Waals surface area contributed by atoms with Gasteiger partial charge in [0, 0.05) is 6.20 Å². The zero-order chi connectivity index (χ0) is 14.4. The van der Waals surface area contributed by atoms with Gasteiger partial charge in [-0.3, -0.25) is 14.6 Å². The number of rotatable bonds is 5. The molecule has 0 radical (unpaired) electrons. The first-order chi connectivity index (χ1) is 8.95. The van der Waals surface area contributed by atoms with Gasteiger partial charge in [0.2, 0.25) is 0 Å². The third-order valence-electron chi connectivity index (χ3n) is 2.25. The van der Waals surface area contributed by atoms with Crippen LogP contribution in [-0.2, 0) is 14.3 Å². The average molecular weight is 268 g/mol. The van der Waals surface area contributed by atoms with Crippen molar-refractivity contribution in [2.24, 2.45) is 0 Å². The van der Waals surface area contributed by atoms with Gasteiger partial charge in [0.15, 0.2) is 0 Å². The number of nitrogens with one attached hydrogen (secondary N) is 1. The van der Waals surface area contributed by atoms with Crippen molar-refractivity contribution in [1.82, 2.24) is 10.3 Å². The lowest BCUT2D eigenvalue weighted by molar-refractivity contribution is -0.147. The number of pyridine rings is 1. The maximum atomic E-state index is 11.7. The Kier molecular flexibility index (Phi) is 4.81. The minimum atomic E-state index is -1.44. The van der Waals surface area contributed by atoms with Gasteiger partial charge < -0.3 is 20.3 Å². The molecule has 1 rings (SSSR count). The van der Waals surface area contributed by atoms with Crippen LogP contribution in [0.15, 0.2) is 18.5 Å². The lowest BCUT2D eigenvalue weighted by Crippen LogP contribution is -2.42. The molecule has 8 heteroatoms. The summed E-state index contributed by atoms with van der Waals surface area (Å²) >= 11 is 0. The molecular formula is C11H12N2O6. The van der Waals surface area contributed by atoms with Crippen molar-refractivity contribution >= 4 is 17.8 Å². The normalized spacial score (nSPS) is 11.4. The number of nitrogens with zero attached hydrogens (tertiary/aromatic N) is 1. The molecule has 0 saturated heterocycles. The van der Waals surface area contributed by atoms with Gasteiger partial charge in [-0.25, -0.2) is 4.79 Å². The van der Waals surface area contributed by atoms with Crippen molar-refractivity contribution in [3.8, 4) is 5.75 Å². The first-order valence-corrected chi connectivity index (χ1v) is 5.19. The van der Waals surface area contributed by atoms with Crippen LogP contribution in [0.5, 0.6) is 5.75 Å². The van der Waals surface area contributed by atoms with Crippen molar-refractivity contribution in [1.29, 1.82) is 0 Å². The second kappa shape index (κ2) is 6.34. The van der Waals surface area contributed by atoms with E-state index in [-0.39, 0.29) is 11.3 Å². The van der Waals surface area contributed by atoms with Gasteiger partial charge in [0.05, 0.1) is 25.3 Å². The highest BCUT2D eigenvalue weighted by atomic mass is 16.5. The first kappa shape index (κ1) is 14.4. The Labute approximate surface area is 108 Å². The molecule has 0 fully saturated rings. The highest BCUT2D eigenvalue weighted by molar-refractivity contribution is 5.99. The van der Waals surface area contributed by atoms with E-state index in [4.69, 9.17) is 5.11 Å². The predicted octanol–water partition coefficient (Wildman–Crippen LogP) is -0.467. The van der Waals surface area contributed by atoms with Crippen LogP contribution in [-0.4, -0.2) is 46.2 Å². The number of methoxy groups -OCH3 is 1. The van der Waals surface area contributed by atoms with E-state index in [1.807, 2.05) is 0 Å². The molecular weight excluding hydrogens is 256 g/mol. The number of hydrogen-bond acceptors (Lipinski definition) is 6. The third-order valence-corrected chi connectivity index (χ3v) is 2.25. The summed E-state index contributed by atoms with van der Waals surface area (Å²) in [5.41, 5.74) is -0.133. The molecule has 1 aromatic heterocycles. The average Bonchev–Trinajstić information content (AvgIpc) is 2.37. The molecule has 0 aliphatic heterocycles.